The molecule has 0 aromatic heterocycles. The summed E-state index contributed by atoms with van der Waals surface area (Å²) in [6.45, 7) is 1.33. The monoisotopic (exact) mass is 235 g/mol. The molecule has 0 saturated heterocycles. The Hall–Kier alpha value is 0.220. The fourth-order valence-corrected chi connectivity index (χ4v) is 3.57. The van der Waals surface area contributed by atoms with Crippen LogP contribution in [0.4, 0.5) is 0 Å². The van der Waals surface area contributed by atoms with Crippen LogP contribution in [0.25, 0.3) is 0 Å². The second-order valence-corrected chi connectivity index (χ2v) is 6.32. The highest BCUT2D eigenvalue weighted by molar-refractivity contribution is 7.71. The number of nitrogens with two attached hydrogens (primary N) is 1. The Morgan fingerprint density at radius 2 is 1.85 bits per heavy atom. The van der Waals surface area contributed by atoms with E-state index in [2.05, 4.69) is 15.6 Å². The molecule has 2 atom stereocenters. The van der Waals surface area contributed by atoms with E-state index in [4.69, 9.17) is 14.7 Å². The molecule has 2 unspecified atom stereocenters. The van der Waals surface area contributed by atoms with Crippen LogP contribution in [-0.4, -0.2) is 20.1 Å². The second-order valence-electron chi connectivity index (χ2n) is 2.21. The van der Waals surface area contributed by atoms with Gasteiger partial charge in [0.2, 0.25) is 0 Å². The van der Waals surface area contributed by atoms with Gasteiger partial charge in [0.1, 0.15) is 0 Å². The highest BCUT2D eigenvalue weighted by Crippen LogP contribution is 2.63. The van der Waals surface area contributed by atoms with Gasteiger partial charge in [-0.2, -0.15) is 5.90 Å². The van der Waals surface area contributed by atoms with Gasteiger partial charge in [-0.25, -0.2) is 0 Å². The average Bonchev–Trinajstić information content (AvgIpc) is 1.83. The van der Waals surface area contributed by atoms with Gasteiger partial charge in [0.15, 0.2) is 5.40 Å². The molecule has 0 heterocycles. The molecule has 80 valence electrons. The minimum absolute atomic E-state index is 0.235. The predicted molar refractivity (Wildman–Crippen MR) is 42.3 cm³/mol. The molecule has 0 fully saturated rings. The molecule has 0 amide bonds. The van der Waals surface area contributed by atoms with E-state index < -0.39 is 20.6 Å². The van der Waals surface area contributed by atoms with Crippen molar-refractivity contribution < 1.29 is 33.5 Å². The van der Waals surface area contributed by atoms with Gasteiger partial charge in [0.05, 0.1) is 0 Å². The van der Waals surface area contributed by atoms with Gasteiger partial charge in [-0.1, -0.05) is 6.92 Å². The molecular formula is C3H11NO7P2. The van der Waals surface area contributed by atoms with E-state index in [9.17, 15) is 9.13 Å². The lowest BCUT2D eigenvalue weighted by Gasteiger charge is -2.19. The van der Waals surface area contributed by atoms with Crippen molar-refractivity contribution in [1.29, 1.82) is 0 Å². The van der Waals surface area contributed by atoms with E-state index in [0.29, 0.717) is 0 Å². The molecule has 0 aromatic carbocycles. The minimum atomic E-state index is -4.70. The highest BCUT2D eigenvalue weighted by Gasteiger charge is 2.45. The van der Waals surface area contributed by atoms with Crippen molar-refractivity contribution in [2.75, 3.05) is 0 Å². The maximum atomic E-state index is 11.0. The third kappa shape index (κ3) is 3.84. The predicted octanol–water partition coefficient (Wildman–Crippen LogP) is -0.0925. The Balaban J connectivity index is 4.78. The Morgan fingerprint density at radius 1 is 1.38 bits per heavy atom. The summed E-state index contributed by atoms with van der Waals surface area (Å²) in [5, 5.41) is -1.82. The molecule has 0 saturated carbocycles. The summed E-state index contributed by atoms with van der Waals surface area (Å²) in [4.78, 5) is 29.7. The lowest BCUT2D eigenvalue weighted by Crippen LogP contribution is -2.12. The molecule has 5 N–H and O–H groups in total. The molecule has 0 spiro atoms. The third-order valence-electron chi connectivity index (χ3n) is 1.28. The first-order valence-electron chi connectivity index (χ1n) is 3.18. The standard InChI is InChI=1S/C3H11NO7P2/c1-2-3(12(5,6)7)13(8,9)11-10-4/h3H,2,4H2,1H3,(H,8,9)(H2,5,6,7). The maximum absolute atomic E-state index is 11.0. The van der Waals surface area contributed by atoms with Crippen LogP contribution in [0.2, 0.25) is 0 Å². The van der Waals surface area contributed by atoms with E-state index >= 15 is 0 Å². The fourth-order valence-electron chi connectivity index (χ4n) is 0.770. The van der Waals surface area contributed by atoms with Gasteiger partial charge >= 0.3 is 15.2 Å². The summed E-state index contributed by atoms with van der Waals surface area (Å²) in [7, 11) is -9.24. The Kier molecular flexibility index (Phi) is 4.71. The summed E-state index contributed by atoms with van der Waals surface area (Å²) < 4.78 is 25.4. The molecular weight excluding hydrogens is 224 g/mol. The maximum Gasteiger partial charge on any atom is 0.372 e. The molecule has 0 aliphatic carbocycles. The van der Waals surface area contributed by atoms with Crippen LogP contribution >= 0.6 is 15.2 Å². The smallest absolute Gasteiger partial charge is 0.324 e. The van der Waals surface area contributed by atoms with Crippen LogP contribution in [0.15, 0.2) is 0 Å². The van der Waals surface area contributed by atoms with Gasteiger partial charge in [-0.3, -0.25) is 9.13 Å². The molecule has 0 radical (unpaired) electrons. The van der Waals surface area contributed by atoms with Crippen molar-refractivity contribution in [1.82, 2.24) is 0 Å². The lowest BCUT2D eigenvalue weighted by atomic mass is 10.6. The number of rotatable bonds is 5. The van der Waals surface area contributed by atoms with E-state index in [1.54, 1.807) is 0 Å². The van der Waals surface area contributed by atoms with Gasteiger partial charge < -0.3 is 14.7 Å². The third-order valence-corrected chi connectivity index (χ3v) is 5.62. The summed E-state index contributed by atoms with van der Waals surface area (Å²) in [5.41, 5.74) is 0. The van der Waals surface area contributed by atoms with Crippen molar-refractivity contribution >= 4 is 15.2 Å². The van der Waals surface area contributed by atoms with Gasteiger partial charge in [-0.15, -0.1) is 9.66 Å². The van der Waals surface area contributed by atoms with E-state index in [-0.39, 0.29) is 6.42 Å². The van der Waals surface area contributed by atoms with Crippen LogP contribution in [0.1, 0.15) is 13.3 Å². The molecule has 0 aromatic rings. The molecule has 0 bridgehead atoms. The molecule has 10 heteroatoms. The van der Waals surface area contributed by atoms with E-state index in [1.165, 1.54) is 6.92 Å². The van der Waals surface area contributed by atoms with Gasteiger partial charge in [0.25, 0.3) is 0 Å². The zero-order valence-corrected chi connectivity index (χ0v) is 8.52. The van der Waals surface area contributed by atoms with E-state index in [1.807, 2.05) is 0 Å². The van der Waals surface area contributed by atoms with E-state index in [0.717, 1.165) is 0 Å². The minimum Gasteiger partial charge on any atom is -0.324 e. The van der Waals surface area contributed by atoms with Gasteiger partial charge in [0, 0.05) is 0 Å². The zero-order chi connectivity index (χ0) is 10.7. The molecule has 0 aliphatic heterocycles. The first-order valence-corrected chi connectivity index (χ1v) is 6.51. The topological polar surface area (TPSA) is 139 Å². The summed E-state index contributed by atoms with van der Waals surface area (Å²) in [6, 6.07) is 0. The van der Waals surface area contributed by atoms with Crippen LogP contribution in [0.3, 0.4) is 0 Å². The van der Waals surface area contributed by atoms with Crippen molar-refractivity contribution in [3.05, 3.63) is 0 Å². The molecule has 0 rings (SSSR count). The van der Waals surface area contributed by atoms with Crippen molar-refractivity contribution in [3.8, 4) is 0 Å². The van der Waals surface area contributed by atoms with Crippen molar-refractivity contribution in [3.63, 3.8) is 0 Å². The van der Waals surface area contributed by atoms with Gasteiger partial charge in [-0.05, 0) is 6.42 Å². The SMILES string of the molecule is CCC(P(=O)(O)O)P(=O)(O)OON. The zero-order valence-electron chi connectivity index (χ0n) is 6.73. The first-order chi connectivity index (χ1) is 5.75. The average molecular weight is 235 g/mol. The summed E-state index contributed by atoms with van der Waals surface area (Å²) in [5.74, 6) is 4.34. The van der Waals surface area contributed by atoms with Crippen LogP contribution in [0, 0.1) is 0 Å². The number of hydrogen-bond donors (Lipinski definition) is 4. The molecule has 13 heavy (non-hydrogen) atoms. The summed E-state index contributed by atoms with van der Waals surface area (Å²) in [6.07, 6.45) is -0.235. The Morgan fingerprint density at radius 3 is 2.08 bits per heavy atom. The Labute approximate surface area is 74.2 Å². The largest absolute Gasteiger partial charge is 0.372 e. The first kappa shape index (κ1) is 13.2. The second kappa shape index (κ2) is 4.63. The lowest BCUT2D eigenvalue weighted by molar-refractivity contribution is -0.218. The molecule has 0 aliphatic rings. The highest BCUT2D eigenvalue weighted by atomic mass is 31.2. The van der Waals surface area contributed by atoms with Crippen LogP contribution in [-0.2, 0) is 18.8 Å². The normalized spacial score (nSPS) is 19.5. The Bertz CT molecular complexity index is 248. The number of hydrogen-bond acceptors (Lipinski definition) is 5. The van der Waals surface area contributed by atoms with Crippen LogP contribution < -0.4 is 5.90 Å². The van der Waals surface area contributed by atoms with Crippen molar-refractivity contribution in [2.24, 2.45) is 5.90 Å². The van der Waals surface area contributed by atoms with Crippen LogP contribution in [0.5, 0.6) is 0 Å². The quantitative estimate of drug-likeness (QED) is 0.294. The molecule has 8 nitrogen and oxygen atoms in total. The summed E-state index contributed by atoms with van der Waals surface area (Å²) >= 11 is 0. The fraction of sp³-hybridized carbons (Fsp3) is 1.00. The van der Waals surface area contributed by atoms with Crippen molar-refractivity contribution in [2.45, 2.75) is 18.7 Å².